The minimum absolute atomic E-state index is 0.0620. The maximum atomic E-state index is 11.3. The van der Waals surface area contributed by atoms with E-state index >= 15 is 0 Å². The van der Waals surface area contributed by atoms with Crippen LogP contribution in [0.4, 0.5) is 0 Å². The number of phenolic OH excluding ortho intramolecular Hbond substituents is 2. The molecule has 0 heterocycles. The molecular weight excluding hydrogens is 264 g/mol. The summed E-state index contributed by atoms with van der Waals surface area (Å²) in [7, 11) is 0. The highest BCUT2D eigenvalue weighted by atomic mass is 16.4. The van der Waals surface area contributed by atoms with Gasteiger partial charge in [-0.2, -0.15) is 0 Å². The molecule has 0 saturated carbocycles. The number of carboxylic acid groups (broad SMARTS) is 2. The van der Waals surface area contributed by atoms with Crippen LogP contribution in [0.15, 0.2) is 36.4 Å². The van der Waals surface area contributed by atoms with Gasteiger partial charge in [-0.1, -0.05) is 18.2 Å². The van der Waals surface area contributed by atoms with Gasteiger partial charge in [0.25, 0.3) is 0 Å². The molecule has 2 aromatic carbocycles. The van der Waals surface area contributed by atoms with Crippen LogP contribution in [0.1, 0.15) is 20.7 Å². The molecule has 0 aliphatic heterocycles. The Morgan fingerprint density at radius 1 is 0.800 bits per heavy atom. The first-order valence-electron chi connectivity index (χ1n) is 5.54. The molecule has 0 unspecified atom stereocenters. The smallest absolute Gasteiger partial charge is 0.337 e. The number of aromatic hydroxyl groups is 2. The van der Waals surface area contributed by atoms with Crippen LogP contribution in [-0.4, -0.2) is 32.4 Å². The highest BCUT2D eigenvalue weighted by Crippen LogP contribution is 2.39. The summed E-state index contributed by atoms with van der Waals surface area (Å²) in [6.45, 7) is 0. The van der Waals surface area contributed by atoms with Crippen molar-refractivity contribution < 1.29 is 30.0 Å². The number of hydrogen-bond donors (Lipinski definition) is 4. The lowest BCUT2D eigenvalue weighted by Gasteiger charge is -2.12. The number of carboxylic acids is 2. The standard InChI is InChI=1S/C14H10O6/c15-9-5-2-6-10(16)12(9)7-3-1-4-8(13(17)18)11(7)14(19)20/h1-6,15-16H,(H,17,18)(H,19,20). The summed E-state index contributed by atoms with van der Waals surface area (Å²) in [4.78, 5) is 22.4. The molecule has 0 radical (unpaired) electrons. The highest BCUT2D eigenvalue weighted by molar-refractivity contribution is 6.07. The first-order valence-corrected chi connectivity index (χ1v) is 5.54. The summed E-state index contributed by atoms with van der Waals surface area (Å²) in [6, 6.07) is 7.74. The van der Waals surface area contributed by atoms with E-state index in [9.17, 15) is 24.9 Å². The fraction of sp³-hybridized carbons (Fsp3) is 0. The fourth-order valence-corrected chi connectivity index (χ4v) is 1.97. The van der Waals surface area contributed by atoms with Crippen LogP contribution >= 0.6 is 0 Å². The van der Waals surface area contributed by atoms with E-state index < -0.39 is 23.1 Å². The van der Waals surface area contributed by atoms with E-state index in [1.807, 2.05) is 0 Å². The Morgan fingerprint density at radius 3 is 1.85 bits per heavy atom. The number of phenols is 2. The fourth-order valence-electron chi connectivity index (χ4n) is 1.97. The molecule has 6 heteroatoms. The molecule has 2 aromatic rings. The van der Waals surface area contributed by atoms with Crippen molar-refractivity contribution >= 4 is 11.9 Å². The van der Waals surface area contributed by atoms with E-state index in [1.165, 1.54) is 30.3 Å². The molecule has 0 aliphatic carbocycles. The van der Waals surface area contributed by atoms with Crippen LogP contribution in [0.2, 0.25) is 0 Å². The molecule has 0 bridgehead atoms. The Morgan fingerprint density at radius 2 is 1.35 bits per heavy atom. The molecule has 102 valence electrons. The Hall–Kier alpha value is -3.02. The molecule has 2 rings (SSSR count). The molecule has 0 aromatic heterocycles. The van der Waals surface area contributed by atoms with Crippen molar-refractivity contribution in [3.05, 3.63) is 47.5 Å². The van der Waals surface area contributed by atoms with Gasteiger partial charge in [-0.25, -0.2) is 9.59 Å². The predicted octanol–water partition coefficient (Wildman–Crippen LogP) is 2.16. The third kappa shape index (κ3) is 2.14. The third-order valence-corrected chi connectivity index (χ3v) is 2.80. The average Bonchev–Trinajstić information content (AvgIpc) is 2.37. The minimum atomic E-state index is -1.46. The third-order valence-electron chi connectivity index (χ3n) is 2.80. The second-order valence-electron chi connectivity index (χ2n) is 4.01. The van der Waals surface area contributed by atoms with E-state index in [0.717, 1.165) is 6.07 Å². The summed E-state index contributed by atoms with van der Waals surface area (Å²) in [5.74, 6) is -3.54. The first kappa shape index (κ1) is 13.4. The largest absolute Gasteiger partial charge is 0.507 e. The van der Waals surface area contributed by atoms with Gasteiger partial charge in [-0.3, -0.25) is 0 Å². The van der Waals surface area contributed by atoms with Gasteiger partial charge in [0.1, 0.15) is 11.5 Å². The molecule has 4 N–H and O–H groups in total. The Labute approximate surface area is 113 Å². The molecule has 0 amide bonds. The van der Waals surface area contributed by atoms with Gasteiger partial charge in [0.05, 0.1) is 16.7 Å². The van der Waals surface area contributed by atoms with Gasteiger partial charge >= 0.3 is 11.9 Å². The molecule has 0 spiro atoms. The summed E-state index contributed by atoms with van der Waals surface area (Å²) in [6.07, 6.45) is 0. The summed E-state index contributed by atoms with van der Waals surface area (Å²) >= 11 is 0. The van der Waals surface area contributed by atoms with Gasteiger partial charge < -0.3 is 20.4 Å². The van der Waals surface area contributed by atoms with Gasteiger partial charge in [0.2, 0.25) is 0 Å². The van der Waals surface area contributed by atoms with Crippen molar-refractivity contribution in [1.29, 1.82) is 0 Å². The highest BCUT2D eigenvalue weighted by Gasteiger charge is 2.23. The normalized spacial score (nSPS) is 10.2. The SMILES string of the molecule is O=C(O)c1cccc(-c2c(O)cccc2O)c1C(=O)O. The summed E-state index contributed by atoms with van der Waals surface area (Å²) in [5, 5.41) is 37.8. The second kappa shape index (κ2) is 4.93. The molecule has 20 heavy (non-hydrogen) atoms. The number of aromatic carboxylic acids is 2. The van der Waals surface area contributed by atoms with Crippen molar-refractivity contribution in [2.75, 3.05) is 0 Å². The Balaban J connectivity index is 2.85. The molecule has 0 atom stereocenters. The van der Waals surface area contributed by atoms with Crippen LogP contribution in [-0.2, 0) is 0 Å². The number of benzene rings is 2. The maximum absolute atomic E-state index is 11.3. The maximum Gasteiger partial charge on any atom is 0.337 e. The molecule has 0 aliphatic rings. The summed E-state index contributed by atoms with van der Waals surface area (Å²) < 4.78 is 0. The quantitative estimate of drug-likeness (QED) is 0.681. The molecule has 0 saturated heterocycles. The van der Waals surface area contributed by atoms with Gasteiger partial charge in [0, 0.05) is 5.56 Å². The zero-order chi connectivity index (χ0) is 14.9. The lowest BCUT2D eigenvalue weighted by Crippen LogP contribution is -2.09. The topological polar surface area (TPSA) is 115 Å². The van der Waals surface area contributed by atoms with Gasteiger partial charge in [-0.15, -0.1) is 0 Å². The van der Waals surface area contributed by atoms with Crippen molar-refractivity contribution in [2.24, 2.45) is 0 Å². The van der Waals surface area contributed by atoms with Gasteiger partial charge in [0.15, 0.2) is 0 Å². The predicted molar refractivity (Wildman–Crippen MR) is 69.1 cm³/mol. The zero-order valence-corrected chi connectivity index (χ0v) is 10.1. The molecular formula is C14H10O6. The summed E-state index contributed by atoms with van der Waals surface area (Å²) in [5.41, 5.74) is -1.09. The van der Waals surface area contributed by atoms with Crippen LogP contribution in [0, 0.1) is 0 Å². The van der Waals surface area contributed by atoms with Crippen molar-refractivity contribution in [1.82, 2.24) is 0 Å². The Kier molecular flexibility index (Phi) is 3.30. The molecule has 0 fully saturated rings. The second-order valence-corrected chi connectivity index (χ2v) is 4.01. The van der Waals surface area contributed by atoms with Crippen LogP contribution < -0.4 is 0 Å². The van der Waals surface area contributed by atoms with E-state index in [0.29, 0.717) is 0 Å². The van der Waals surface area contributed by atoms with E-state index in [-0.39, 0.29) is 22.6 Å². The van der Waals surface area contributed by atoms with Crippen molar-refractivity contribution in [3.8, 4) is 22.6 Å². The first-order chi connectivity index (χ1) is 9.43. The number of hydrogen-bond acceptors (Lipinski definition) is 4. The van der Waals surface area contributed by atoms with Crippen LogP contribution in [0.25, 0.3) is 11.1 Å². The molecule has 6 nitrogen and oxygen atoms in total. The average molecular weight is 274 g/mol. The lowest BCUT2D eigenvalue weighted by atomic mass is 9.94. The van der Waals surface area contributed by atoms with Crippen LogP contribution in [0.3, 0.4) is 0 Å². The van der Waals surface area contributed by atoms with Gasteiger partial charge in [-0.05, 0) is 18.2 Å². The van der Waals surface area contributed by atoms with E-state index in [4.69, 9.17) is 5.11 Å². The van der Waals surface area contributed by atoms with Crippen LogP contribution in [0.5, 0.6) is 11.5 Å². The number of rotatable bonds is 3. The zero-order valence-electron chi connectivity index (χ0n) is 10.1. The van der Waals surface area contributed by atoms with E-state index in [1.54, 1.807) is 0 Å². The van der Waals surface area contributed by atoms with Crippen molar-refractivity contribution in [3.63, 3.8) is 0 Å². The van der Waals surface area contributed by atoms with Crippen molar-refractivity contribution in [2.45, 2.75) is 0 Å². The lowest BCUT2D eigenvalue weighted by molar-refractivity contribution is 0.0652. The number of carbonyl (C=O) groups is 2. The van der Waals surface area contributed by atoms with E-state index in [2.05, 4.69) is 0 Å². The Bertz CT molecular complexity index is 685. The monoisotopic (exact) mass is 274 g/mol. The minimum Gasteiger partial charge on any atom is -0.507 e.